The van der Waals surface area contributed by atoms with Crippen molar-refractivity contribution in [2.24, 2.45) is 0 Å². The summed E-state index contributed by atoms with van der Waals surface area (Å²) in [5.41, 5.74) is 1.28. The number of rotatable bonds is 4. The van der Waals surface area contributed by atoms with Gasteiger partial charge in [0.05, 0.1) is 0 Å². The molecule has 1 N–H and O–H groups in total. The molecule has 0 saturated carbocycles. The third kappa shape index (κ3) is 2.58. The molecule has 0 unspecified atom stereocenters. The van der Waals surface area contributed by atoms with Crippen molar-refractivity contribution in [2.75, 3.05) is 5.32 Å². The molecule has 0 aliphatic rings. The molecule has 0 amide bonds. The van der Waals surface area contributed by atoms with Gasteiger partial charge in [-0.1, -0.05) is 49.4 Å². The first-order valence-electron chi connectivity index (χ1n) is 6.40. The quantitative estimate of drug-likeness (QED) is 0.781. The second-order valence-electron chi connectivity index (χ2n) is 4.36. The van der Waals surface area contributed by atoms with E-state index in [4.69, 9.17) is 0 Å². The fourth-order valence-electron chi connectivity index (χ4n) is 2.09. The molecule has 0 saturated heterocycles. The summed E-state index contributed by atoms with van der Waals surface area (Å²) in [6.45, 7) is 2.84. The van der Waals surface area contributed by atoms with Gasteiger partial charge >= 0.3 is 0 Å². The summed E-state index contributed by atoms with van der Waals surface area (Å²) in [6, 6.07) is 14.8. The molecular weight excluding hydrogens is 254 g/mol. The molecule has 2 aromatic carbocycles. The Morgan fingerprint density at radius 1 is 1.11 bits per heavy atom. The predicted octanol–water partition coefficient (Wildman–Crippen LogP) is 3.87. The third-order valence-corrected chi connectivity index (χ3v) is 3.80. The van der Waals surface area contributed by atoms with E-state index < -0.39 is 0 Å². The van der Waals surface area contributed by atoms with E-state index in [0.29, 0.717) is 0 Å². The first-order chi connectivity index (χ1) is 9.36. The van der Waals surface area contributed by atoms with Gasteiger partial charge in [-0.25, -0.2) is 4.98 Å². The highest BCUT2D eigenvalue weighted by molar-refractivity contribution is 7.09. The number of hydrogen-bond donors (Lipinski definition) is 1. The van der Waals surface area contributed by atoms with Crippen molar-refractivity contribution in [3.8, 4) is 0 Å². The fourth-order valence-corrected chi connectivity index (χ4v) is 2.73. The molecule has 1 heterocycles. The molecule has 0 atom stereocenters. The van der Waals surface area contributed by atoms with Crippen molar-refractivity contribution in [1.82, 2.24) is 9.36 Å². The summed E-state index contributed by atoms with van der Waals surface area (Å²) in [5.74, 6) is 0.908. The normalized spacial score (nSPS) is 10.8. The van der Waals surface area contributed by atoms with Crippen LogP contribution in [0.1, 0.15) is 18.3 Å². The van der Waals surface area contributed by atoms with Gasteiger partial charge in [-0.15, -0.1) is 0 Å². The minimum absolute atomic E-state index is 0.777. The van der Waals surface area contributed by atoms with Gasteiger partial charge < -0.3 is 5.32 Å². The van der Waals surface area contributed by atoms with E-state index in [9.17, 15) is 0 Å². The zero-order valence-electron chi connectivity index (χ0n) is 10.8. The van der Waals surface area contributed by atoms with Crippen molar-refractivity contribution in [3.63, 3.8) is 0 Å². The summed E-state index contributed by atoms with van der Waals surface area (Å²) in [7, 11) is 0. The number of nitrogens with one attached hydrogen (secondary N) is 1. The molecular formula is C15H15N3S. The molecule has 0 aliphatic heterocycles. The second-order valence-corrected chi connectivity index (χ2v) is 5.11. The van der Waals surface area contributed by atoms with Crippen molar-refractivity contribution < 1.29 is 0 Å². The number of fused-ring (bicyclic) bond motifs is 1. The molecule has 0 spiro atoms. The second kappa shape index (κ2) is 5.36. The number of nitrogens with zero attached hydrogens (tertiary/aromatic N) is 2. The predicted molar refractivity (Wildman–Crippen MR) is 80.6 cm³/mol. The van der Waals surface area contributed by atoms with Gasteiger partial charge in [-0.05, 0) is 16.3 Å². The van der Waals surface area contributed by atoms with Gasteiger partial charge in [0.1, 0.15) is 5.82 Å². The van der Waals surface area contributed by atoms with Crippen LogP contribution in [0.3, 0.4) is 0 Å². The summed E-state index contributed by atoms with van der Waals surface area (Å²) in [5, 5.41) is 6.81. The lowest BCUT2D eigenvalue weighted by molar-refractivity contribution is 0.993. The van der Waals surface area contributed by atoms with Gasteiger partial charge in [-0.2, -0.15) is 4.37 Å². The first kappa shape index (κ1) is 12.1. The van der Waals surface area contributed by atoms with Crippen LogP contribution in [0, 0.1) is 0 Å². The average molecular weight is 269 g/mol. The molecule has 3 rings (SSSR count). The Bertz CT molecular complexity index is 685. The lowest BCUT2D eigenvalue weighted by Crippen LogP contribution is -1.99. The lowest BCUT2D eigenvalue weighted by atomic mass is 10.0. The molecule has 3 aromatic rings. The average Bonchev–Trinajstić information content (AvgIpc) is 2.93. The monoisotopic (exact) mass is 269 g/mol. The SMILES string of the molecule is CCc1nsc(NCc2cccc3ccccc23)n1. The Morgan fingerprint density at radius 3 is 2.79 bits per heavy atom. The highest BCUT2D eigenvalue weighted by Crippen LogP contribution is 2.20. The molecule has 96 valence electrons. The summed E-state index contributed by atoms with van der Waals surface area (Å²) in [6.07, 6.45) is 0.881. The molecule has 0 aliphatic carbocycles. The minimum atomic E-state index is 0.777. The van der Waals surface area contributed by atoms with Crippen LogP contribution in [-0.2, 0) is 13.0 Å². The van der Waals surface area contributed by atoms with Gasteiger partial charge in [0.15, 0.2) is 0 Å². The van der Waals surface area contributed by atoms with Gasteiger partial charge in [0, 0.05) is 24.5 Å². The Kier molecular flexibility index (Phi) is 3.42. The molecule has 0 bridgehead atoms. The Balaban J connectivity index is 1.81. The van der Waals surface area contributed by atoms with Crippen LogP contribution >= 0.6 is 11.5 Å². The van der Waals surface area contributed by atoms with Crippen molar-refractivity contribution in [2.45, 2.75) is 19.9 Å². The van der Waals surface area contributed by atoms with E-state index in [1.807, 2.05) is 0 Å². The summed E-state index contributed by atoms with van der Waals surface area (Å²) < 4.78 is 4.28. The van der Waals surface area contributed by atoms with E-state index in [1.165, 1.54) is 27.9 Å². The molecule has 0 fully saturated rings. The number of aromatic nitrogens is 2. The maximum Gasteiger partial charge on any atom is 0.202 e. The highest BCUT2D eigenvalue weighted by atomic mass is 32.1. The summed E-state index contributed by atoms with van der Waals surface area (Å²) >= 11 is 1.43. The number of anilines is 1. The van der Waals surface area contributed by atoms with Crippen LogP contribution in [0.4, 0.5) is 5.13 Å². The molecule has 4 heteroatoms. The van der Waals surface area contributed by atoms with Crippen LogP contribution < -0.4 is 5.32 Å². The Labute approximate surface area is 116 Å². The van der Waals surface area contributed by atoms with E-state index in [0.717, 1.165) is 23.9 Å². The van der Waals surface area contributed by atoms with Crippen LogP contribution in [0.25, 0.3) is 10.8 Å². The Morgan fingerprint density at radius 2 is 1.95 bits per heavy atom. The van der Waals surface area contributed by atoms with Crippen molar-refractivity contribution >= 4 is 27.4 Å². The van der Waals surface area contributed by atoms with E-state index in [2.05, 4.69) is 64.1 Å². The number of aryl methyl sites for hydroxylation is 1. The van der Waals surface area contributed by atoms with Crippen molar-refractivity contribution in [3.05, 3.63) is 53.9 Å². The van der Waals surface area contributed by atoms with E-state index >= 15 is 0 Å². The maximum atomic E-state index is 4.42. The molecule has 3 nitrogen and oxygen atoms in total. The van der Waals surface area contributed by atoms with Crippen LogP contribution in [-0.4, -0.2) is 9.36 Å². The molecule has 1 aromatic heterocycles. The third-order valence-electron chi connectivity index (χ3n) is 3.09. The maximum absolute atomic E-state index is 4.42. The zero-order chi connectivity index (χ0) is 13.1. The standard InChI is InChI=1S/C15H15N3S/c1-2-14-17-15(19-18-14)16-10-12-8-5-7-11-6-3-4-9-13(11)12/h3-9H,2,10H2,1H3,(H,16,17,18). The zero-order valence-corrected chi connectivity index (χ0v) is 11.6. The highest BCUT2D eigenvalue weighted by Gasteiger charge is 2.03. The molecule has 0 radical (unpaired) electrons. The lowest BCUT2D eigenvalue weighted by Gasteiger charge is -2.06. The largest absolute Gasteiger partial charge is 0.356 e. The van der Waals surface area contributed by atoms with Crippen LogP contribution in [0.2, 0.25) is 0 Å². The molecule has 19 heavy (non-hydrogen) atoms. The number of hydrogen-bond acceptors (Lipinski definition) is 4. The minimum Gasteiger partial charge on any atom is -0.356 e. The van der Waals surface area contributed by atoms with E-state index in [1.54, 1.807) is 0 Å². The van der Waals surface area contributed by atoms with E-state index in [-0.39, 0.29) is 0 Å². The summed E-state index contributed by atoms with van der Waals surface area (Å²) in [4.78, 5) is 4.42. The van der Waals surface area contributed by atoms with Crippen molar-refractivity contribution in [1.29, 1.82) is 0 Å². The fraction of sp³-hybridized carbons (Fsp3) is 0.200. The topological polar surface area (TPSA) is 37.8 Å². The Hall–Kier alpha value is -1.94. The first-order valence-corrected chi connectivity index (χ1v) is 7.17. The van der Waals surface area contributed by atoms with Gasteiger partial charge in [0.2, 0.25) is 5.13 Å². The van der Waals surface area contributed by atoms with Crippen LogP contribution in [0.5, 0.6) is 0 Å². The van der Waals surface area contributed by atoms with Gasteiger partial charge in [-0.3, -0.25) is 0 Å². The van der Waals surface area contributed by atoms with Gasteiger partial charge in [0.25, 0.3) is 0 Å². The van der Waals surface area contributed by atoms with Crippen LogP contribution in [0.15, 0.2) is 42.5 Å². The smallest absolute Gasteiger partial charge is 0.202 e. The number of benzene rings is 2.